The summed E-state index contributed by atoms with van der Waals surface area (Å²) in [6.07, 6.45) is 1.42. The van der Waals surface area contributed by atoms with E-state index >= 15 is 0 Å². The SMILES string of the molecule is Cc1ccc(N2C(=O)NC(=O)/C(=C\c3cc(Br)cc(Br)c3OCc3cccc4ccccc34)C2=O)cc1Cl. The van der Waals surface area contributed by atoms with Crippen LogP contribution in [0.5, 0.6) is 5.75 Å². The van der Waals surface area contributed by atoms with Crippen LogP contribution < -0.4 is 15.0 Å². The number of hydrogen-bond donors (Lipinski definition) is 1. The summed E-state index contributed by atoms with van der Waals surface area (Å²) in [4.78, 5) is 39.7. The number of aryl methyl sites for hydroxylation is 1. The van der Waals surface area contributed by atoms with E-state index in [4.69, 9.17) is 16.3 Å². The lowest BCUT2D eigenvalue weighted by molar-refractivity contribution is -0.122. The molecule has 0 atom stereocenters. The van der Waals surface area contributed by atoms with Crippen LogP contribution in [0, 0.1) is 6.92 Å². The predicted octanol–water partition coefficient (Wildman–Crippen LogP) is 7.57. The van der Waals surface area contributed by atoms with Gasteiger partial charge in [0.1, 0.15) is 17.9 Å². The highest BCUT2D eigenvalue weighted by atomic mass is 79.9. The highest BCUT2D eigenvalue weighted by Gasteiger charge is 2.37. The van der Waals surface area contributed by atoms with E-state index in [2.05, 4.69) is 37.2 Å². The van der Waals surface area contributed by atoms with E-state index in [1.54, 1.807) is 18.2 Å². The lowest BCUT2D eigenvalue weighted by Gasteiger charge is -2.27. The number of urea groups is 1. The Bertz CT molecular complexity index is 1660. The number of fused-ring (bicyclic) bond motifs is 1. The number of amides is 4. The van der Waals surface area contributed by atoms with Crippen LogP contribution in [0.4, 0.5) is 10.5 Å². The van der Waals surface area contributed by atoms with E-state index in [1.165, 1.54) is 12.1 Å². The first-order chi connectivity index (χ1) is 18.2. The van der Waals surface area contributed by atoms with Crippen LogP contribution in [0.25, 0.3) is 16.8 Å². The molecule has 4 aromatic carbocycles. The van der Waals surface area contributed by atoms with Gasteiger partial charge in [-0.25, -0.2) is 9.69 Å². The molecule has 0 aromatic heterocycles. The maximum atomic E-state index is 13.4. The molecule has 0 bridgehead atoms. The zero-order valence-electron chi connectivity index (χ0n) is 19.9. The van der Waals surface area contributed by atoms with Gasteiger partial charge in [0.05, 0.1) is 10.2 Å². The fourth-order valence-electron chi connectivity index (χ4n) is 4.18. The molecule has 1 N–H and O–H groups in total. The second kappa shape index (κ2) is 10.7. The molecule has 190 valence electrons. The Morgan fingerprint density at radius 2 is 1.74 bits per heavy atom. The molecule has 1 aliphatic rings. The van der Waals surface area contributed by atoms with Crippen molar-refractivity contribution in [3.05, 3.63) is 109 Å². The zero-order chi connectivity index (χ0) is 27.0. The molecule has 1 fully saturated rings. The predicted molar refractivity (Wildman–Crippen MR) is 155 cm³/mol. The molecule has 0 saturated carbocycles. The number of nitrogens with one attached hydrogen (secondary N) is 1. The fourth-order valence-corrected chi connectivity index (χ4v) is 5.72. The Kier molecular flexibility index (Phi) is 7.38. The molecular formula is C29H19Br2ClN2O4. The van der Waals surface area contributed by atoms with Crippen molar-refractivity contribution < 1.29 is 19.1 Å². The Labute approximate surface area is 240 Å². The molecule has 0 aliphatic carbocycles. The topological polar surface area (TPSA) is 75.7 Å². The molecule has 5 rings (SSSR count). The normalized spacial score (nSPS) is 14.8. The molecule has 0 spiro atoms. The van der Waals surface area contributed by atoms with Crippen LogP contribution in [0.3, 0.4) is 0 Å². The molecule has 38 heavy (non-hydrogen) atoms. The Morgan fingerprint density at radius 3 is 2.53 bits per heavy atom. The molecule has 4 aromatic rings. The number of anilines is 1. The van der Waals surface area contributed by atoms with Gasteiger partial charge in [0.2, 0.25) is 0 Å². The summed E-state index contributed by atoms with van der Waals surface area (Å²) in [5.41, 5.74) is 2.28. The Balaban J connectivity index is 1.52. The first kappa shape index (κ1) is 26.2. The number of hydrogen-bond acceptors (Lipinski definition) is 4. The van der Waals surface area contributed by atoms with Gasteiger partial charge >= 0.3 is 6.03 Å². The van der Waals surface area contributed by atoms with Gasteiger partial charge in [0, 0.05) is 15.1 Å². The maximum absolute atomic E-state index is 13.4. The third-order valence-corrected chi connectivity index (χ3v) is 7.56. The summed E-state index contributed by atoms with van der Waals surface area (Å²) in [6.45, 7) is 2.06. The second-order valence-electron chi connectivity index (χ2n) is 8.62. The smallest absolute Gasteiger partial charge is 0.335 e. The van der Waals surface area contributed by atoms with Crippen molar-refractivity contribution >= 4 is 83.8 Å². The molecule has 6 nitrogen and oxygen atoms in total. The molecule has 1 saturated heterocycles. The zero-order valence-corrected chi connectivity index (χ0v) is 23.9. The van der Waals surface area contributed by atoms with Crippen molar-refractivity contribution in [2.45, 2.75) is 13.5 Å². The van der Waals surface area contributed by atoms with E-state index in [0.29, 0.717) is 25.3 Å². The number of imide groups is 2. The minimum absolute atomic E-state index is 0.221. The van der Waals surface area contributed by atoms with Crippen molar-refractivity contribution in [1.82, 2.24) is 5.32 Å². The van der Waals surface area contributed by atoms with Gasteiger partial charge in [-0.15, -0.1) is 0 Å². The average Bonchev–Trinajstić information content (AvgIpc) is 2.88. The first-order valence-electron chi connectivity index (χ1n) is 11.5. The molecule has 9 heteroatoms. The van der Waals surface area contributed by atoms with Crippen LogP contribution in [0.2, 0.25) is 5.02 Å². The van der Waals surface area contributed by atoms with E-state index in [9.17, 15) is 14.4 Å². The van der Waals surface area contributed by atoms with Crippen molar-refractivity contribution in [3.63, 3.8) is 0 Å². The molecule has 1 aliphatic heterocycles. The number of nitrogens with zero attached hydrogens (tertiary/aromatic N) is 1. The van der Waals surface area contributed by atoms with Gasteiger partial charge in [-0.05, 0) is 75.1 Å². The number of barbiturate groups is 1. The van der Waals surface area contributed by atoms with Gasteiger partial charge in [-0.3, -0.25) is 14.9 Å². The van der Waals surface area contributed by atoms with E-state index in [-0.39, 0.29) is 17.9 Å². The van der Waals surface area contributed by atoms with Gasteiger partial charge < -0.3 is 4.74 Å². The number of rotatable bonds is 5. The lowest BCUT2D eigenvalue weighted by atomic mass is 10.0. The van der Waals surface area contributed by atoms with Crippen molar-refractivity contribution in [2.75, 3.05) is 4.90 Å². The summed E-state index contributed by atoms with van der Waals surface area (Å²) in [5.74, 6) is -1.13. The van der Waals surface area contributed by atoms with Gasteiger partial charge in [-0.1, -0.05) is 76.1 Å². The summed E-state index contributed by atoms with van der Waals surface area (Å²) < 4.78 is 7.57. The number of halogens is 3. The second-order valence-corrected chi connectivity index (χ2v) is 10.8. The number of ether oxygens (including phenoxy) is 1. The average molecular weight is 655 g/mol. The number of benzene rings is 4. The standard InChI is InChI=1S/C29H19Br2ClN2O4/c1-16-9-10-21(14-25(16)32)34-28(36)23(27(35)33-29(34)37)12-19-11-20(30)13-24(31)26(19)38-15-18-7-4-6-17-5-2-3-8-22(17)18/h2-14H,15H2,1H3,(H,33,35,37)/b23-12+. The minimum atomic E-state index is -0.847. The summed E-state index contributed by atoms with van der Waals surface area (Å²) >= 11 is 13.2. The van der Waals surface area contributed by atoms with Crippen LogP contribution in [-0.4, -0.2) is 17.8 Å². The van der Waals surface area contributed by atoms with Crippen molar-refractivity contribution in [2.24, 2.45) is 0 Å². The van der Waals surface area contributed by atoms with Crippen molar-refractivity contribution in [1.29, 1.82) is 0 Å². The quantitative estimate of drug-likeness (QED) is 0.178. The molecule has 1 heterocycles. The molecule has 0 radical (unpaired) electrons. The van der Waals surface area contributed by atoms with Gasteiger partial charge in [0.25, 0.3) is 11.8 Å². The first-order valence-corrected chi connectivity index (χ1v) is 13.5. The Hall–Kier alpha value is -3.46. The third kappa shape index (κ3) is 5.12. The summed E-state index contributed by atoms with van der Waals surface area (Å²) in [7, 11) is 0. The highest BCUT2D eigenvalue weighted by Crippen LogP contribution is 2.36. The highest BCUT2D eigenvalue weighted by molar-refractivity contribution is 9.11. The van der Waals surface area contributed by atoms with E-state index in [1.807, 2.05) is 55.5 Å². The molecule has 4 amide bonds. The minimum Gasteiger partial charge on any atom is -0.487 e. The van der Waals surface area contributed by atoms with Crippen molar-refractivity contribution in [3.8, 4) is 5.75 Å². The number of carbonyl (C=O) groups excluding carboxylic acids is 3. The van der Waals surface area contributed by atoms with Crippen LogP contribution >= 0.6 is 43.5 Å². The Morgan fingerprint density at radius 1 is 0.974 bits per heavy atom. The molecule has 0 unspecified atom stereocenters. The van der Waals surface area contributed by atoms with Crippen LogP contribution in [0.1, 0.15) is 16.7 Å². The summed E-state index contributed by atoms with van der Waals surface area (Å²) in [6, 6.07) is 21.5. The maximum Gasteiger partial charge on any atom is 0.335 e. The van der Waals surface area contributed by atoms with Gasteiger partial charge in [0.15, 0.2) is 0 Å². The third-order valence-electron chi connectivity index (χ3n) is 6.10. The fraction of sp³-hybridized carbons (Fsp3) is 0.0690. The lowest BCUT2D eigenvalue weighted by Crippen LogP contribution is -2.54. The summed E-state index contributed by atoms with van der Waals surface area (Å²) in [5, 5.41) is 4.79. The van der Waals surface area contributed by atoms with Crippen LogP contribution in [-0.2, 0) is 16.2 Å². The van der Waals surface area contributed by atoms with Gasteiger partial charge in [-0.2, -0.15) is 0 Å². The molecular weight excluding hydrogens is 636 g/mol. The number of carbonyl (C=O) groups is 3. The monoisotopic (exact) mass is 652 g/mol. The van der Waals surface area contributed by atoms with E-state index < -0.39 is 17.8 Å². The largest absolute Gasteiger partial charge is 0.487 e. The van der Waals surface area contributed by atoms with E-state index in [0.717, 1.165) is 26.8 Å². The van der Waals surface area contributed by atoms with Crippen LogP contribution in [0.15, 0.2) is 87.3 Å².